The summed E-state index contributed by atoms with van der Waals surface area (Å²) >= 11 is 0. The number of carbonyl (C=O) groups is 2. The minimum Gasteiger partial charge on any atom is -0.488 e. The van der Waals surface area contributed by atoms with Crippen molar-refractivity contribution < 1.29 is 18.4 Å². The molecule has 128 valence electrons. The second-order valence-corrected chi connectivity index (χ2v) is 5.87. The minimum atomic E-state index is -2.50. The summed E-state index contributed by atoms with van der Waals surface area (Å²) in [7, 11) is 2.94. The number of rotatable bonds is 5. The smallest absolute Gasteiger partial charge is 0.294 e. The number of carbonyl (C=O) groups excluding carboxylic acids is 2. The molecular formula is C20H20N2O3. The lowest BCUT2D eigenvalue weighted by Gasteiger charge is -2.11. The standard InChI is InChI=1S/C20H20N2O3/c1-21(2)20(24)19(23)15-12-22(3)16-10-7-11-17(18(15)16)25-13-14-8-5-4-6-9-14/h4-12H,13H2,1-3H3/i3D3. The zero-order valence-electron chi connectivity index (χ0n) is 17.0. The van der Waals surface area contributed by atoms with Crippen LogP contribution in [0.15, 0.2) is 54.7 Å². The highest BCUT2D eigenvalue weighted by molar-refractivity contribution is 6.45. The molecule has 0 saturated heterocycles. The van der Waals surface area contributed by atoms with E-state index in [4.69, 9.17) is 8.85 Å². The van der Waals surface area contributed by atoms with Gasteiger partial charge in [-0.25, -0.2) is 0 Å². The summed E-state index contributed by atoms with van der Waals surface area (Å²) in [4.78, 5) is 26.1. The van der Waals surface area contributed by atoms with Gasteiger partial charge in [-0.05, 0) is 17.7 Å². The van der Waals surface area contributed by atoms with Gasteiger partial charge in [0.25, 0.3) is 11.7 Å². The Labute approximate surface area is 150 Å². The molecule has 0 N–H and O–H groups in total. The number of likely N-dealkylation sites (N-methyl/N-ethyl adjacent to an activating group) is 1. The quantitative estimate of drug-likeness (QED) is 0.530. The number of ether oxygens (including phenoxy) is 1. The fraction of sp³-hybridized carbons (Fsp3) is 0.200. The number of aryl methyl sites for hydroxylation is 1. The van der Waals surface area contributed by atoms with Crippen molar-refractivity contribution in [3.05, 3.63) is 65.9 Å². The zero-order valence-corrected chi connectivity index (χ0v) is 14.0. The van der Waals surface area contributed by atoms with Crippen LogP contribution in [0.25, 0.3) is 10.9 Å². The molecule has 5 nitrogen and oxygen atoms in total. The van der Waals surface area contributed by atoms with Gasteiger partial charge >= 0.3 is 0 Å². The molecule has 0 spiro atoms. The van der Waals surface area contributed by atoms with Gasteiger partial charge in [-0.3, -0.25) is 9.59 Å². The van der Waals surface area contributed by atoms with E-state index in [2.05, 4.69) is 0 Å². The number of ketones is 1. The molecule has 0 aliphatic carbocycles. The van der Waals surface area contributed by atoms with Crippen LogP contribution in [0.1, 0.15) is 20.0 Å². The zero-order chi connectivity index (χ0) is 20.5. The van der Waals surface area contributed by atoms with E-state index in [9.17, 15) is 9.59 Å². The predicted octanol–water partition coefficient (Wildman–Crippen LogP) is 3.03. The number of aromatic nitrogens is 1. The van der Waals surface area contributed by atoms with Gasteiger partial charge in [-0.1, -0.05) is 36.4 Å². The third-order valence-electron chi connectivity index (χ3n) is 3.87. The monoisotopic (exact) mass is 339 g/mol. The van der Waals surface area contributed by atoms with E-state index in [0.717, 1.165) is 15.0 Å². The Kier molecular flexibility index (Phi) is 3.60. The van der Waals surface area contributed by atoms with Crippen molar-refractivity contribution in [3.63, 3.8) is 0 Å². The Morgan fingerprint density at radius 2 is 1.88 bits per heavy atom. The molecule has 3 aromatic rings. The summed E-state index contributed by atoms with van der Waals surface area (Å²) in [6.07, 6.45) is 1.21. The molecule has 0 aliphatic heterocycles. The maximum atomic E-state index is 12.7. The van der Waals surface area contributed by atoms with Crippen molar-refractivity contribution in [2.75, 3.05) is 14.1 Å². The summed E-state index contributed by atoms with van der Waals surface area (Å²) in [5, 5.41) is 0.315. The molecule has 0 atom stereocenters. The Bertz CT molecular complexity index is 1020. The predicted molar refractivity (Wildman–Crippen MR) is 96.7 cm³/mol. The maximum absolute atomic E-state index is 12.7. The summed E-state index contributed by atoms with van der Waals surface area (Å²) in [5.41, 5.74) is 1.24. The molecule has 5 heteroatoms. The number of nitrogens with zero attached hydrogens (tertiary/aromatic N) is 2. The van der Waals surface area contributed by atoms with Crippen LogP contribution in [0.4, 0.5) is 0 Å². The van der Waals surface area contributed by atoms with Crippen molar-refractivity contribution in [1.29, 1.82) is 0 Å². The molecule has 3 rings (SSSR count). The van der Waals surface area contributed by atoms with Gasteiger partial charge in [0.1, 0.15) is 12.4 Å². The first-order chi connectivity index (χ1) is 13.2. The van der Waals surface area contributed by atoms with Gasteiger partial charge < -0.3 is 14.2 Å². The number of hydrogen-bond donors (Lipinski definition) is 0. The summed E-state index contributed by atoms with van der Waals surface area (Å²) in [6.45, 7) is -2.26. The summed E-state index contributed by atoms with van der Waals surface area (Å²) in [5.74, 6) is -1.17. The average molecular weight is 339 g/mol. The van der Waals surface area contributed by atoms with Crippen molar-refractivity contribution in [1.82, 2.24) is 9.47 Å². The molecule has 1 amide bonds. The third kappa shape index (κ3) is 3.26. The van der Waals surface area contributed by atoms with Crippen LogP contribution in [0, 0.1) is 0 Å². The number of Topliss-reactive ketones (excluding diaryl/α,β-unsaturated/α-hetero) is 1. The third-order valence-corrected chi connectivity index (χ3v) is 3.87. The molecule has 0 bridgehead atoms. The first-order valence-corrected chi connectivity index (χ1v) is 7.77. The maximum Gasteiger partial charge on any atom is 0.294 e. The molecular weight excluding hydrogens is 316 g/mol. The van der Waals surface area contributed by atoms with Crippen LogP contribution in [0.5, 0.6) is 5.75 Å². The SMILES string of the molecule is [2H]C([2H])([2H])n1cc(C(=O)C(=O)N(C)C)c2c(OCc3ccccc3)cccc21. The largest absolute Gasteiger partial charge is 0.488 e. The second-order valence-electron chi connectivity index (χ2n) is 5.87. The Morgan fingerprint density at radius 1 is 1.12 bits per heavy atom. The van der Waals surface area contributed by atoms with Crippen LogP contribution in [-0.4, -0.2) is 35.3 Å². The lowest BCUT2D eigenvalue weighted by Crippen LogP contribution is -2.29. The molecule has 1 aromatic heterocycles. The molecule has 1 heterocycles. The van der Waals surface area contributed by atoms with E-state index < -0.39 is 18.7 Å². The highest BCUT2D eigenvalue weighted by Crippen LogP contribution is 2.31. The van der Waals surface area contributed by atoms with Crippen molar-refractivity contribution in [2.45, 2.75) is 6.61 Å². The van der Waals surface area contributed by atoms with Gasteiger partial charge in [-0.15, -0.1) is 0 Å². The van der Waals surface area contributed by atoms with Crippen LogP contribution >= 0.6 is 0 Å². The number of hydrogen-bond acceptors (Lipinski definition) is 3. The first-order valence-electron chi connectivity index (χ1n) is 9.27. The van der Waals surface area contributed by atoms with Crippen molar-refractivity contribution >= 4 is 22.6 Å². The fourth-order valence-electron chi connectivity index (χ4n) is 2.60. The Morgan fingerprint density at radius 3 is 2.56 bits per heavy atom. The second kappa shape index (κ2) is 6.81. The van der Waals surface area contributed by atoms with E-state index in [-0.39, 0.29) is 12.2 Å². The van der Waals surface area contributed by atoms with Crippen LogP contribution < -0.4 is 4.74 Å². The summed E-state index contributed by atoms with van der Waals surface area (Å²) < 4.78 is 30.2. The van der Waals surface area contributed by atoms with Gasteiger partial charge in [0, 0.05) is 31.4 Å². The van der Waals surface area contributed by atoms with Crippen molar-refractivity contribution in [2.24, 2.45) is 6.98 Å². The number of benzene rings is 2. The highest BCUT2D eigenvalue weighted by Gasteiger charge is 2.24. The number of fused-ring (bicyclic) bond motifs is 1. The van der Waals surface area contributed by atoms with Crippen LogP contribution in [0.3, 0.4) is 0 Å². The van der Waals surface area contributed by atoms with Gasteiger partial charge in [-0.2, -0.15) is 0 Å². The molecule has 25 heavy (non-hydrogen) atoms. The van der Waals surface area contributed by atoms with Gasteiger partial charge in [0.05, 0.1) is 16.5 Å². The normalized spacial score (nSPS) is 13.0. The molecule has 2 aromatic carbocycles. The van der Waals surface area contributed by atoms with Crippen LogP contribution in [-0.2, 0) is 18.4 Å². The van der Waals surface area contributed by atoms with Gasteiger partial charge in [0.15, 0.2) is 0 Å². The Balaban J connectivity index is 2.13. The van der Waals surface area contributed by atoms with Crippen LogP contribution in [0.2, 0.25) is 0 Å². The molecule has 0 unspecified atom stereocenters. The minimum absolute atomic E-state index is 0.00786. The molecule has 0 radical (unpaired) electrons. The molecule has 0 aliphatic rings. The van der Waals surface area contributed by atoms with E-state index in [1.807, 2.05) is 30.3 Å². The topological polar surface area (TPSA) is 51.5 Å². The Hall–Kier alpha value is -3.08. The van der Waals surface area contributed by atoms with Gasteiger partial charge in [0.2, 0.25) is 0 Å². The average Bonchev–Trinajstić information content (AvgIpc) is 3.06. The van der Waals surface area contributed by atoms with Crippen molar-refractivity contribution in [3.8, 4) is 5.75 Å². The lowest BCUT2D eigenvalue weighted by atomic mass is 10.1. The van der Waals surface area contributed by atoms with E-state index >= 15 is 0 Å². The lowest BCUT2D eigenvalue weighted by molar-refractivity contribution is -0.124. The number of amides is 1. The first kappa shape index (κ1) is 13.2. The fourth-order valence-corrected chi connectivity index (χ4v) is 2.60. The molecule has 0 saturated carbocycles. The van der Waals surface area contributed by atoms with E-state index in [1.165, 1.54) is 20.3 Å². The molecule has 0 fully saturated rings. The van der Waals surface area contributed by atoms with E-state index in [1.54, 1.807) is 18.2 Å². The highest BCUT2D eigenvalue weighted by atomic mass is 16.5. The van der Waals surface area contributed by atoms with E-state index in [0.29, 0.717) is 16.7 Å². The summed E-state index contributed by atoms with van der Waals surface area (Å²) in [6, 6.07) is 14.4.